The summed E-state index contributed by atoms with van der Waals surface area (Å²) in [6, 6.07) is 3.68. The van der Waals surface area contributed by atoms with Crippen LogP contribution in [0.3, 0.4) is 0 Å². The van der Waals surface area contributed by atoms with E-state index in [0.29, 0.717) is 11.5 Å². The maximum absolute atomic E-state index is 4.18. The van der Waals surface area contributed by atoms with Crippen molar-refractivity contribution in [3.63, 3.8) is 0 Å². The van der Waals surface area contributed by atoms with Gasteiger partial charge >= 0.3 is 0 Å². The van der Waals surface area contributed by atoms with Gasteiger partial charge in [0.2, 0.25) is 0 Å². The maximum atomic E-state index is 4.18. The number of aliphatic imine (C=N–C) groups is 1. The quantitative estimate of drug-likeness (QED) is 0.332. The van der Waals surface area contributed by atoms with Gasteiger partial charge in [0, 0.05) is 5.45 Å². The molecular formula is C11H16N3PSi. The van der Waals surface area contributed by atoms with E-state index < -0.39 is 8.07 Å². The molecule has 0 fully saturated rings. The van der Waals surface area contributed by atoms with Crippen molar-refractivity contribution in [2.45, 2.75) is 26.6 Å². The van der Waals surface area contributed by atoms with Gasteiger partial charge in [-0.3, -0.25) is 0 Å². The van der Waals surface area contributed by atoms with Gasteiger partial charge in [-0.2, -0.15) is 0 Å². The zero-order valence-corrected chi connectivity index (χ0v) is 12.2. The Bertz CT molecular complexity index is 445. The molecule has 0 radical (unpaired) electrons. The summed E-state index contributed by atoms with van der Waals surface area (Å²) >= 11 is 0. The van der Waals surface area contributed by atoms with Crippen LogP contribution in [0.5, 0.6) is 0 Å². The Labute approximate surface area is 100.0 Å². The van der Waals surface area contributed by atoms with Crippen molar-refractivity contribution in [1.82, 2.24) is 10.2 Å². The van der Waals surface area contributed by atoms with Gasteiger partial charge in [-0.1, -0.05) is 34.8 Å². The lowest BCUT2D eigenvalue weighted by atomic mass is 10.4. The summed E-state index contributed by atoms with van der Waals surface area (Å²) in [7, 11) is 1.18. The Balaban J connectivity index is 2.87. The lowest BCUT2D eigenvalue weighted by molar-refractivity contribution is 1.01. The fraction of sp³-hybridized carbons (Fsp3) is 0.364. The molecule has 1 aromatic heterocycles. The van der Waals surface area contributed by atoms with Crippen LogP contribution in [0, 0.1) is 11.5 Å². The van der Waals surface area contributed by atoms with E-state index in [1.54, 1.807) is 0 Å². The number of rotatable bonds is 1. The smallest absolute Gasteiger partial charge is 0.174 e. The molecule has 0 aliphatic carbocycles. The second-order valence-corrected chi connectivity index (χ2v) is 10.1. The van der Waals surface area contributed by atoms with Gasteiger partial charge in [0.1, 0.15) is 13.8 Å². The molecule has 0 aromatic carbocycles. The first kappa shape index (κ1) is 13.0. The summed E-state index contributed by atoms with van der Waals surface area (Å²) < 4.78 is 0. The molecule has 0 bridgehead atoms. The minimum absolute atomic E-state index is 0.617. The van der Waals surface area contributed by atoms with Crippen LogP contribution < -0.4 is 0 Å². The first-order chi connectivity index (χ1) is 7.37. The van der Waals surface area contributed by atoms with Gasteiger partial charge in [-0.05, 0) is 19.1 Å². The molecule has 0 spiro atoms. The van der Waals surface area contributed by atoms with Gasteiger partial charge < -0.3 is 0 Å². The van der Waals surface area contributed by atoms with Crippen LogP contribution in [0.15, 0.2) is 17.1 Å². The molecule has 0 saturated carbocycles. The Morgan fingerprint density at radius 1 is 1.31 bits per heavy atom. The molecule has 0 amide bonds. The Morgan fingerprint density at radius 2 is 2.00 bits per heavy atom. The maximum Gasteiger partial charge on any atom is 0.174 e. The van der Waals surface area contributed by atoms with E-state index in [4.69, 9.17) is 0 Å². The van der Waals surface area contributed by atoms with E-state index >= 15 is 0 Å². The van der Waals surface area contributed by atoms with Crippen molar-refractivity contribution in [3.05, 3.63) is 17.8 Å². The first-order valence-corrected chi connectivity index (χ1v) is 9.12. The highest BCUT2D eigenvalue weighted by Crippen LogP contribution is 2.08. The van der Waals surface area contributed by atoms with Crippen molar-refractivity contribution in [2.75, 3.05) is 0 Å². The van der Waals surface area contributed by atoms with E-state index in [9.17, 15) is 0 Å². The molecule has 16 heavy (non-hydrogen) atoms. The van der Waals surface area contributed by atoms with Crippen molar-refractivity contribution >= 4 is 28.6 Å². The van der Waals surface area contributed by atoms with E-state index in [2.05, 4.69) is 55.5 Å². The Hall–Kier alpha value is -1.04. The normalized spacial score (nSPS) is 11.9. The van der Waals surface area contributed by atoms with Gasteiger partial charge in [0.05, 0.1) is 0 Å². The summed E-state index contributed by atoms with van der Waals surface area (Å²) in [5.41, 5.74) is 4.84. The van der Waals surface area contributed by atoms with Gasteiger partial charge in [-0.15, -0.1) is 15.7 Å². The summed E-state index contributed by atoms with van der Waals surface area (Å²) in [4.78, 5) is 4.18. The highest BCUT2D eigenvalue weighted by molar-refractivity contribution is 7.40. The minimum atomic E-state index is -1.34. The zero-order valence-electron chi connectivity index (χ0n) is 10.1. The summed E-state index contributed by atoms with van der Waals surface area (Å²) in [5, 5.41) is 8.00. The molecule has 0 N–H and O–H groups in total. The lowest BCUT2D eigenvalue weighted by Crippen LogP contribution is -2.16. The predicted molar refractivity (Wildman–Crippen MR) is 74.7 cm³/mol. The molecule has 3 nitrogen and oxygen atoms in total. The summed E-state index contributed by atoms with van der Waals surface area (Å²) in [6.45, 7) is 8.49. The first-order valence-electron chi connectivity index (χ1n) is 5.04. The number of nitrogens with zero attached hydrogens (tertiary/aromatic N) is 3. The second kappa shape index (κ2) is 5.34. The third kappa shape index (κ3) is 5.15. The van der Waals surface area contributed by atoms with E-state index in [-0.39, 0.29) is 0 Å². The highest BCUT2D eigenvalue weighted by Gasteiger charge is 2.07. The third-order valence-corrected chi connectivity index (χ3v) is 2.51. The molecule has 1 rings (SSSR count). The van der Waals surface area contributed by atoms with Crippen LogP contribution in [-0.2, 0) is 0 Å². The molecule has 0 saturated heterocycles. The summed E-state index contributed by atoms with van der Waals surface area (Å²) in [6.07, 6.45) is 0. The lowest BCUT2D eigenvalue weighted by Gasteiger charge is -2.02. The van der Waals surface area contributed by atoms with Crippen molar-refractivity contribution in [1.29, 1.82) is 0 Å². The largest absolute Gasteiger partial charge is 0.233 e. The van der Waals surface area contributed by atoms with Gasteiger partial charge in [-0.25, -0.2) is 4.99 Å². The van der Waals surface area contributed by atoms with Crippen molar-refractivity contribution in [3.8, 4) is 11.5 Å². The molecule has 1 aromatic rings. The fourth-order valence-corrected chi connectivity index (χ4v) is 1.52. The number of hydrogen-bond acceptors (Lipinski definition) is 3. The Morgan fingerprint density at radius 3 is 2.44 bits per heavy atom. The molecule has 1 atom stereocenters. The number of hydrogen-bond donors (Lipinski definition) is 0. The predicted octanol–water partition coefficient (Wildman–Crippen LogP) is 2.63. The van der Waals surface area contributed by atoms with Crippen LogP contribution in [0.4, 0.5) is 5.82 Å². The second-order valence-electron chi connectivity index (χ2n) is 4.53. The number of aromatic nitrogens is 2. The Kier molecular flexibility index (Phi) is 4.34. The average molecular weight is 249 g/mol. The molecule has 84 valence electrons. The van der Waals surface area contributed by atoms with Crippen LogP contribution in [0.1, 0.15) is 12.6 Å². The van der Waals surface area contributed by atoms with Crippen LogP contribution in [0.2, 0.25) is 19.6 Å². The molecule has 1 heterocycles. The van der Waals surface area contributed by atoms with Crippen molar-refractivity contribution in [2.24, 2.45) is 4.99 Å². The van der Waals surface area contributed by atoms with Gasteiger partial charge in [0.15, 0.2) is 5.82 Å². The highest BCUT2D eigenvalue weighted by atomic mass is 31.0. The topological polar surface area (TPSA) is 38.1 Å². The van der Waals surface area contributed by atoms with E-state index in [1.807, 2.05) is 19.1 Å². The van der Waals surface area contributed by atoms with Crippen LogP contribution >= 0.6 is 9.24 Å². The molecule has 0 aliphatic heterocycles. The fourth-order valence-electron chi connectivity index (χ4n) is 0.884. The van der Waals surface area contributed by atoms with Crippen LogP contribution in [-0.4, -0.2) is 23.7 Å². The molecule has 5 heteroatoms. The monoisotopic (exact) mass is 249 g/mol. The van der Waals surface area contributed by atoms with Gasteiger partial charge in [0.25, 0.3) is 0 Å². The average Bonchev–Trinajstić information content (AvgIpc) is 2.14. The SMILES string of the molecule is CC(P)=Nc1ccc(C#C[Si](C)(C)C)nn1. The molecule has 1 unspecified atom stereocenters. The van der Waals surface area contributed by atoms with E-state index in [0.717, 1.165) is 5.45 Å². The van der Waals surface area contributed by atoms with Crippen molar-refractivity contribution < 1.29 is 0 Å². The third-order valence-electron chi connectivity index (χ3n) is 1.51. The molecule has 0 aliphatic rings. The van der Waals surface area contributed by atoms with Crippen LogP contribution in [0.25, 0.3) is 0 Å². The molecular weight excluding hydrogens is 233 g/mol. The minimum Gasteiger partial charge on any atom is -0.233 e. The summed E-state index contributed by atoms with van der Waals surface area (Å²) in [5.74, 6) is 3.67. The standard InChI is InChI=1S/C11H16N3PSi/c1-9(15)12-11-6-5-10(13-14-11)7-8-16(2,3)4/h5-6H,15H2,1-4H3. The zero-order chi connectivity index (χ0) is 12.2. The van der Waals surface area contributed by atoms with E-state index in [1.165, 1.54) is 0 Å².